The zero-order valence-corrected chi connectivity index (χ0v) is 18.2. The Labute approximate surface area is 177 Å². The molecule has 1 amide bonds. The number of aryl methyl sites for hydroxylation is 2. The lowest BCUT2D eigenvalue weighted by Crippen LogP contribution is -2.62. The molecule has 0 aliphatic carbocycles. The Hall–Kier alpha value is -1.89. The highest BCUT2D eigenvalue weighted by atomic mass is 35.5. The molecule has 7 heteroatoms. The van der Waals surface area contributed by atoms with Gasteiger partial charge in [0.05, 0.1) is 24.1 Å². The van der Waals surface area contributed by atoms with Gasteiger partial charge in [-0.2, -0.15) is 0 Å². The van der Waals surface area contributed by atoms with E-state index >= 15 is 0 Å². The molecule has 5 nitrogen and oxygen atoms in total. The summed E-state index contributed by atoms with van der Waals surface area (Å²) in [6.07, 6.45) is 0.747. The second-order valence-corrected chi connectivity index (χ2v) is 10.7. The third kappa shape index (κ3) is 4.20. The van der Waals surface area contributed by atoms with Gasteiger partial charge in [0.15, 0.2) is 9.84 Å². The molecule has 2 unspecified atom stereocenters. The summed E-state index contributed by atoms with van der Waals surface area (Å²) in [5.74, 6) is 0.0865. The van der Waals surface area contributed by atoms with Gasteiger partial charge < -0.3 is 4.90 Å². The van der Waals surface area contributed by atoms with Crippen molar-refractivity contribution in [3.8, 4) is 0 Å². The fraction of sp³-hybridized carbons (Fsp3) is 0.409. The molecule has 0 spiro atoms. The molecule has 2 saturated heterocycles. The van der Waals surface area contributed by atoms with Crippen molar-refractivity contribution in [1.29, 1.82) is 0 Å². The Morgan fingerprint density at radius 1 is 1.00 bits per heavy atom. The van der Waals surface area contributed by atoms with E-state index in [1.807, 2.05) is 61.2 Å². The van der Waals surface area contributed by atoms with Crippen LogP contribution in [0.5, 0.6) is 0 Å². The molecule has 2 atom stereocenters. The molecule has 0 bridgehead atoms. The number of piperazine rings is 1. The van der Waals surface area contributed by atoms with E-state index in [9.17, 15) is 13.2 Å². The summed E-state index contributed by atoms with van der Waals surface area (Å²) >= 11 is 5.95. The number of amides is 1. The maximum absolute atomic E-state index is 13.1. The zero-order chi connectivity index (χ0) is 20.8. The number of carbonyl (C=O) groups is 1. The summed E-state index contributed by atoms with van der Waals surface area (Å²) in [5, 5.41) is 0.688. The molecule has 154 valence electrons. The molecule has 2 fully saturated rings. The van der Waals surface area contributed by atoms with Crippen molar-refractivity contribution in [3.05, 3.63) is 64.2 Å². The maximum atomic E-state index is 13.1. The van der Waals surface area contributed by atoms with Crippen LogP contribution in [0.3, 0.4) is 0 Å². The molecule has 0 aromatic heterocycles. The van der Waals surface area contributed by atoms with Gasteiger partial charge in [-0.15, -0.1) is 0 Å². The van der Waals surface area contributed by atoms with E-state index in [0.717, 1.165) is 28.8 Å². The molecule has 2 aliphatic heterocycles. The molecular formula is C22H25ClN2O3S. The smallest absolute Gasteiger partial charge is 0.241 e. The third-order valence-corrected chi connectivity index (χ3v) is 8.02. The largest absolute Gasteiger partial charge is 0.306 e. The minimum atomic E-state index is -3.19. The van der Waals surface area contributed by atoms with E-state index in [4.69, 9.17) is 11.6 Å². The van der Waals surface area contributed by atoms with Crippen LogP contribution in [0.25, 0.3) is 0 Å². The van der Waals surface area contributed by atoms with Gasteiger partial charge in [0.1, 0.15) is 0 Å². The van der Waals surface area contributed by atoms with E-state index in [0.29, 0.717) is 11.6 Å². The quantitative estimate of drug-likeness (QED) is 0.745. The lowest BCUT2D eigenvalue weighted by molar-refractivity contribution is -0.123. The fourth-order valence-corrected chi connectivity index (χ4v) is 6.44. The minimum absolute atomic E-state index is 0.0216. The van der Waals surface area contributed by atoms with E-state index in [2.05, 4.69) is 0 Å². The molecule has 4 rings (SSSR count). The first-order valence-corrected chi connectivity index (χ1v) is 12.0. The molecule has 0 radical (unpaired) electrons. The van der Waals surface area contributed by atoms with E-state index in [1.54, 1.807) is 4.90 Å². The second kappa shape index (κ2) is 7.74. The topological polar surface area (TPSA) is 57.7 Å². The molecule has 0 saturated carbocycles. The Balaban J connectivity index is 1.59. The number of carbonyl (C=O) groups excluding carboxylic acids is 1. The van der Waals surface area contributed by atoms with Gasteiger partial charge in [0, 0.05) is 23.3 Å². The van der Waals surface area contributed by atoms with Crippen LogP contribution in [0.4, 0.5) is 5.69 Å². The number of fused-ring (bicyclic) bond motifs is 1. The predicted molar refractivity (Wildman–Crippen MR) is 116 cm³/mol. The van der Waals surface area contributed by atoms with Crippen LogP contribution in [0.15, 0.2) is 42.5 Å². The number of nitrogens with zero attached hydrogens (tertiary/aromatic N) is 2. The summed E-state index contributed by atoms with van der Waals surface area (Å²) in [5.41, 5.74) is 4.16. The number of anilines is 1. The fourth-order valence-electron chi connectivity index (χ4n) is 4.34. The van der Waals surface area contributed by atoms with E-state index < -0.39 is 9.84 Å². The molecule has 2 heterocycles. The zero-order valence-electron chi connectivity index (χ0n) is 16.6. The Bertz CT molecular complexity index is 1040. The minimum Gasteiger partial charge on any atom is -0.306 e. The van der Waals surface area contributed by atoms with Crippen LogP contribution >= 0.6 is 11.6 Å². The molecule has 29 heavy (non-hydrogen) atoms. The monoisotopic (exact) mass is 432 g/mol. The van der Waals surface area contributed by atoms with Crippen LogP contribution in [0.2, 0.25) is 5.02 Å². The first-order valence-electron chi connectivity index (χ1n) is 9.82. The average Bonchev–Trinajstić information content (AvgIpc) is 2.98. The van der Waals surface area contributed by atoms with Crippen LogP contribution < -0.4 is 4.90 Å². The summed E-state index contributed by atoms with van der Waals surface area (Å²) in [4.78, 5) is 16.9. The Morgan fingerprint density at radius 2 is 1.69 bits per heavy atom. The highest BCUT2D eigenvalue weighted by Crippen LogP contribution is 2.32. The number of rotatable bonds is 4. The maximum Gasteiger partial charge on any atom is 0.241 e. The lowest BCUT2D eigenvalue weighted by atomic mass is 10.0. The first kappa shape index (κ1) is 20.4. The van der Waals surface area contributed by atoms with E-state index in [-0.39, 0.29) is 36.0 Å². The van der Waals surface area contributed by atoms with Crippen molar-refractivity contribution < 1.29 is 13.2 Å². The Kier molecular flexibility index (Phi) is 5.44. The summed E-state index contributed by atoms with van der Waals surface area (Å²) in [6, 6.07) is 13.0. The average molecular weight is 433 g/mol. The van der Waals surface area contributed by atoms with Gasteiger partial charge in [0.25, 0.3) is 0 Å². The van der Waals surface area contributed by atoms with Gasteiger partial charge in [-0.25, -0.2) is 8.42 Å². The second-order valence-electron chi connectivity index (χ2n) is 8.09. The van der Waals surface area contributed by atoms with Crippen molar-refractivity contribution in [2.45, 2.75) is 32.4 Å². The third-order valence-electron chi connectivity index (χ3n) is 6.07. The van der Waals surface area contributed by atoms with Crippen LogP contribution in [0.1, 0.15) is 16.7 Å². The molecule has 2 aromatic carbocycles. The van der Waals surface area contributed by atoms with Crippen molar-refractivity contribution in [2.24, 2.45) is 0 Å². The highest BCUT2D eigenvalue weighted by molar-refractivity contribution is 7.91. The van der Waals surface area contributed by atoms with Crippen LogP contribution in [0, 0.1) is 13.8 Å². The number of sulfone groups is 1. The van der Waals surface area contributed by atoms with Gasteiger partial charge in [-0.3, -0.25) is 9.69 Å². The van der Waals surface area contributed by atoms with Gasteiger partial charge in [0.2, 0.25) is 5.91 Å². The number of hydrogen-bond donors (Lipinski definition) is 0. The molecule has 2 aliphatic rings. The SMILES string of the molecule is Cc1ccc(N2C(=O)CN(CCc3ccc(Cl)cc3)C3CS(=O)(=O)CC32)cc1C. The Morgan fingerprint density at radius 3 is 2.38 bits per heavy atom. The van der Waals surface area contributed by atoms with Crippen molar-refractivity contribution >= 4 is 33.0 Å². The summed E-state index contributed by atoms with van der Waals surface area (Å²) in [7, 11) is -3.19. The van der Waals surface area contributed by atoms with Crippen LogP contribution in [-0.2, 0) is 21.1 Å². The van der Waals surface area contributed by atoms with Gasteiger partial charge in [-0.05, 0) is 61.2 Å². The molecule has 2 aromatic rings. The number of halogens is 1. The van der Waals surface area contributed by atoms with E-state index in [1.165, 1.54) is 0 Å². The molecular weight excluding hydrogens is 408 g/mol. The number of benzene rings is 2. The molecule has 0 N–H and O–H groups in total. The standard InChI is InChI=1S/C22H25ClN2O3S/c1-15-3-8-19(11-16(15)2)25-21-14-29(27,28)13-20(21)24(12-22(25)26)10-9-17-4-6-18(23)7-5-17/h3-8,11,20-21H,9-10,12-14H2,1-2H3. The van der Waals surface area contributed by atoms with Crippen molar-refractivity contribution in [1.82, 2.24) is 4.90 Å². The van der Waals surface area contributed by atoms with Gasteiger partial charge >= 0.3 is 0 Å². The lowest BCUT2D eigenvalue weighted by Gasteiger charge is -2.43. The first-order chi connectivity index (χ1) is 13.7. The number of hydrogen-bond acceptors (Lipinski definition) is 4. The normalized spacial score (nSPS) is 24.0. The van der Waals surface area contributed by atoms with Crippen LogP contribution in [-0.4, -0.2) is 55.9 Å². The van der Waals surface area contributed by atoms with Crippen molar-refractivity contribution in [2.75, 3.05) is 29.5 Å². The van der Waals surface area contributed by atoms with Crippen molar-refractivity contribution in [3.63, 3.8) is 0 Å². The predicted octanol–water partition coefficient (Wildman–Crippen LogP) is 3.01. The highest BCUT2D eigenvalue weighted by Gasteiger charge is 2.49. The summed E-state index contributed by atoms with van der Waals surface area (Å²) in [6.45, 7) is 4.91. The van der Waals surface area contributed by atoms with Gasteiger partial charge in [-0.1, -0.05) is 29.8 Å². The summed E-state index contributed by atoms with van der Waals surface area (Å²) < 4.78 is 25.0.